The van der Waals surface area contributed by atoms with Gasteiger partial charge in [0.1, 0.15) is 17.3 Å². The Bertz CT molecular complexity index is 855. The average Bonchev–Trinajstić information content (AvgIpc) is 3.20. The quantitative estimate of drug-likeness (QED) is 0.480. The summed E-state index contributed by atoms with van der Waals surface area (Å²) < 4.78 is 28.0. The zero-order chi connectivity index (χ0) is 21.3. The monoisotopic (exact) mass is 415 g/mol. The maximum atomic E-state index is 14.0. The summed E-state index contributed by atoms with van der Waals surface area (Å²) in [6.07, 6.45) is 1.04. The summed E-state index contributed by atoms with van der Waals surface area (Å²) >= 11 is 0. The summed E-state index contributed by atoms with van der Waals surface area (Å²) in [5.74, 6) is -0.602. The number of hydrogen-bond donors (Lipinski definition) is 3. The molecule has 1 fully saturated rings. The van der Waals surface area contributed by atoms with Gasteiger partial charge in [0.05, 0.1) is 0 Å². The number of nitrogens with one attached hydrogen (secondary N) is 3. The van der Waals surface area contributed by atoms with E-state index in [1.165, 1.54) is 18.2 Å². The number of guanidine groups is 1. The van der Waals surface area contributed by atoms with Crippen LogP contribution in [0.25, 0.3) is 0 Å². The molecule has 0 aromatic heterocycles. The van der Waals surface area contributed by atoms with Gasteiger partial charge in [0.25, 0.3) is 0 Å². The molecule has 0 bridgehead atoms. The first-order valence-corrected chi connectivity index (χ1v) is 10.0. The van der Waals surface area contributed by atoms with E-state index in [1.54, 1.807) is 11.9 Å². The van der Waals surface area contributed by atoms with Crippen molar-refractivity contribution in [1.29, 1.82) is 0 Å². The average molecular weight is 415 g/mol. The van der Waals surface area contributed by atoms with Crippen LogP contribution in [0.2, 0.25) is 0 Å². The molecule has 2 aromatic rings. The maximum absolute atomic E-state index is 14.0. The molecule has 0 saturated carbocycles. The van der Waals surface area contributed by atoms with E-state index in [2.05, 4.69) is 20.9 Å². The summed E-state index contributed by atoms with van der Waals surface area (Å²) in [6.45, 7) is 1.94. The lowest BCUT2D eigenvalue weighted by atomic mass is 10.2. The van der Waals surface area contributed by atoms with Gasteiger partial charge >= 0.3 is 0 Å². The Balaban J connectivity index is 1.40. The molecule has 1 atom stereocenters. The van der Waals surface area contributed by atoms with E-state index in [4.69, 9.17) is 0 Å². The van der Waals surface area contributed by atoms with Crippen LogP contribution in [0, 0.1) is 11.6 Å². The lowest BCUT2D eigenvalue weighted by Crippen LogP contribution is -2.45. The summed E-state index contributed by atoms with van der Waals surface area (Å²) in [7, 11) is 1.65. The van der Waals surface area contributed by atoms with Crippen LogP contribution < -0.4 is 20.9 Å². The molecule has 2 aromatic carbocycles. The molecule has 1 amide bonds. The molecule has 8 heteroatoms. The molecule has 1 aliphatic heterocycles. The van der Waals surface area contributed by atoms with Gasteiger partial charge in [0.2, 0.25) is 5.91 Å². The van der Waals surface area contributed by atoms with Gasteiger partial charge in [-0.15, -0.1) is 0 Å². The second-order valence-electron chi connectivity index (χ2n) is 7.16. The van der Waals surface area contributed by atoms with Gasteiger partial charge in [-0.05, 0) is 24.1 Å². The fourth-order valence-electron chi connectivity index (χ4n) is 3.44. The second-order valence-corrected chi connectivity index (χ2v) is 7.16. The van der Waals surface area contributed by atoms with Crippen molar-refractivity contribution in [2.75, 3.05) is 31.6 Å². The van der Waals surface area contributed by atoms with Crippen LogP contribution in [0.4, 0.5) is 14.5 Å². The summed E-state index contributed by atoms with van der Waals surface area (Å²) in [5, 5.41) is 9.25. The lowest BCUT2D eigenvalue weighted by molar-refractivity contribution is -0.121. The van der Waals surface area contributed by atoms with Crippen molar-refractivity contribution in [2.45, 2.75) is 25.4 Å². The van der Waals surface area contributed by atoms with Crippen LogP contribution >= 0.6 is 0 Å². The van der Waals surface area contributed by atoms with E-state index >= 15 is 0 Å². The number of rotatable bonds is 7. The Labute approximate surface area is 175 Å². The Morgan fingerprint density at radius 2 is 1.83 bits per heavy atom. The third kappa shape index (κ3) is 5.92. The number of amides is 1. The smallest absolute Gasteiger partial charge is 0.222 e. The van der Waals surface area contributed by atoms with Gasteiger partial charge in [0, 0.05) is 45.7 Å². The van der Waals surface area contributed by atoms with Crippen molar-refractivity contribution >= 4 is 17.6 Å². The number of carbonyl (C=O) groups is 1. The standard InChI is InChI=1S/C22H27F2N5O/c1-25-22(26-12-10-20(30)27-14-16-6-3-2-4-7-16)28-17-11-13-29(15-17)21-18(23)8-5-9-19(21)24/h2-9,17H,10-15H2,1H3,(H,27,30)(H2,25,26,28). The molecule has 1 saturated heterocycles. The number of anilines is 1. The minimum Gasteiger partial charge on any atom is -0.365 e. The van der Waals surface area contributed by atoms with E-state index in [1.807, 2.05) is 30.3 Å². The highest BCUT2D eigenvalue weighted by Crippen LogP contribution is 2.26. The van der Waals surface area contributed by atoms with Crippen molar-refractivity contribution in [3.05, 3.63) is 65.7 Å². The number of carbonyl (C=O) groups excluding carboxylic acids is 1. The molecule has 0 aliphatic carbocycles. The Morgan fingerprint density at radius 1 is 1.10 bits per heavy atom. The highest BCUT2D eigenvalue weighted by Gasteiger charge is 2.27. The Morgan fingerprint density at radius 3 is 2.53 bits per heavy atom. The van der Waals surface area contributed by atoms with Gasteiger partial charge in [-0.3, -0.25) is 9.79 Å². The van der Waals surface area contributed by atoms with Crippen LogP contribution in [-0.4, -0.2) is 44.6 Å². The van der Waals surface area contributed by atoms with E-state index in [-0.39, 0.29) is 17.6 Å². The second kappa shape index (κ2) is 10.6. The molecule has 3 N–H and O–H groups in total. The first-order valence-electron chi connectivity index (χ1n) is 10.0. The molecule has 160 valence electrons. The van der Waals surface area contributed by atoms with Gasteiger partial charge in [-0.2, -0.15) is 0 Å². The fraction of sp³-hybridized carbons (Fsp3) is 0.364. The topological polar surface area (TPSA) is 68.8 Å². The Hall–Kier alpha value is -3.16. The highest BCUT2D eigenvalue weighted by atomic mass is 19.1. The maximum Gasteiger partial charge on any atom is 0.222 e. The van der Waals surface area contributed by atoms with E-state index < -0.39 is 11.6 Å². The zero-order valence-electron chi connectivity index (χ0n) is 17.0. The van der Waals surface area contributed by atoms with Crippen molar-refractivity contribution in [2.24, 2.45) is 4.99 Å². The van der Waals surface area contributed by atoms with E-state index in [9.17, 15) is 13.6 Å². The number of nitrogens with zero attached hydrogens (tertiary/aromatic N) is 2. The summed E-state index contributed by atoms with van der Waals surface area (Å²) in [5.41, 5.74) is 1.06. The molecule has 0 radical (unpaired) electrons. The molecule has 30 heavy (non-hydrogen) atoms. The minimum atomic E-state index is -0.556. The molecular weight excluding hydrogens is 388 g/mol. The first kappa shape index (κ1) is 21.5. The molecule has 1 heterocycles. The summed E-state index contributed by atoms with van der Waals surface area (Å²) in [4.78, 5) is 17.9. The normalized spacial score (nSPS) is 16.4. The van der Waals surface area contributed by atoms with E-state index in [0.717, 1.165) is 12.0 Å². The van der Waals surface area contributed by atoms with E-state index in [0.29, 0.717) is 38.6 Å². The van der Waals surface area contributed by atoms with Crippen LogP contribution in [0.5, 0.6) is 0 Å². The van der Waals surface area contributed by atoms with Crippen LogP contribution in [0.15, 0.2) is 53.5 Å². The van der Waals surface area contributed by atoms with Crippen molar-refractivity contribution in [3.8, 4) is 0 Å². The van der Waals surface area contributed by atoms with Crippen molar-refractivity contribution < 1.29 is 13.6 Å². The van der Waals surface area contributed by atoms with Gasteiger partial charge in [-0.25, -0.2) is 8.78 Å². The van der Waals surface area contributed by atoms with Gasteiger partial charge in [0.15, 0.2) is 5.96 Å². The molecule has 3 rings (SSSR count). The molecule has 1 aliphatic rings. The third-order valence-electron chi connectivity index (χ3n) is 4.98. The summed E-state index contributed by atoms with van der Waals surface area (Å²) in [6, 6.07) is 13.6. The van der Waals surface area contributed by atoms with Crippen LogP contribution in [0.3, 0.4) is 0 Å². The molecule has 6 nitrogen and oxygen atoms in total. The predicted molar refractivity (Wildman–Crippen MR) is 114 cm³/mol. The fourth-order valence-corrected chi connectivity index (χ4v) is 3.44. The Kier molecular flexibility index (Phi) is 7.59. The van der Waals surface area contributed by atoms with Crippen molar-refractivity contribution in [3.63, 3.8) is 0 Å². The highest BCUT2D eigenvalue weighted by molar-refractivity contribution is 5.81. The number of hydrogen-bond acceptors (Lipinski definition) is 3. The SMILES string of the molecule is CN=C(NCCC(=O)NCc1ccccc1)NC1CCN(c2c(F)cccc2F)C1. The number of halogens is 2. The first-order chi connectivity index (χ1) is 14.6. The number of benzene rings is 2. The largest absolute Gasteiger partial charge is 0.365 e. The molecule has 0 spiro atoms. The number of para-hydroxylation sites is 1. The molecule has 1 unspecified atom stereocenters. The molecular formula is C22H27F2N5O. The predicted octanol–water partition coefficient (Wildman–Crippen LogP) is 2.41. The zero-order valence-corrected chi connectivity index (χ0v) is 17.0. The lowest BCUT2D eigenvalue weighted by Gasteiger charge is -2.21. The van der Waals surface area contributed by atoms with Gasteiger partial charge < -0.3 is 20.9 Å². The van der Waals surface area contributed by atoms with Crippen LogP contribution in [-0.2, 0) is 11.3 Å². The number of aliphatic imine (C=N–C) groups is 1. The van der Waals surface area contributed by atoms with Crippen LogP contribution in [0.1, 0.15) is 18.4 Å². The van der Waals surface area contributed by atoms with Crippen molar-refractivity contribution in [1.82, 2.24) is 16.0 Å². The third-order valence-corrected chi connectivity index (χ3v) is 4.98. The minimum absolute atomic E-state index is 0.00196. The van der Waals surface area contributed by atoms with Gasteiger partial charge in [-0.1, -0.05) is 36.4 Å².